The molecule has 0 aliphatic rings. The highest BCUT2D eigenvalue weighted by atomic mass is 35.5. The van der Waals surface area contributed by atoms with Gasteiger partial charge in [0.25, 0.3) is 0 Å². The molecule has 128 valence electrons. The summed E-state index contributed by atoms with van der Waals surface area (Å²) in [6, 6.07) is 13.3. The molecule has 24 heavy (non-hydrogen) atoms. The van der Waals surface area contributed by atoms with E-state index in [1.165, 1.54) is 0 Å². The Balaban J connectivity index is 1.97. The SMILES string of the molecule is COc1ccc(OC)c(C(C)NC(=S)NCc2ccc(Cl)cc2)c1. The first-order valence-corrected chi connectivity index (χ1v) is 8.33. The van der Waals surface area contributed by atoms with Crippen LogP contribution in [0.4, 0.5) is 0 Å². The number of thiocarbonyl (C=S) groups is 1. The molecule has 2 N–H and O–H groups in total. The number of methoxy groups -OCH3 is 2. The van der Waals surface area contributed by atoms with Crippen LogP contribution in [0.25, 0.3) is 0 Å². The topological polar surface area (TPSA) is 42.5 Å². The Morgan fingerprint density at radius 3 is 2.46 bits per heavy atom. The maximum atomic E-state index is 5.88. The molecule has 0 bridgehead atoms. The zero-order valence-corrected chi connectivity index (χ0v) is 15.5. The second kappa shape index (κ2) is 8.76. The third kappa shape index (κ3) is 5.01. The van der Waals surface area contributed by atoms with Crippen molar-refractivity contribution >= 4 is 28.9 Å². The standard InChI is InChI=1S/C18H21ClN2O2S/c1-12(16-10-15(22-2)8-9-17(16)23-3)21-18(24)20-11-13-4-6-14(19)7-5-13/h4-10,12H,11H2,1-3H3,(H2,20,21,24). The zero-order chi connectivity index (χ0) is 17.5. The molecule has 4 nitrogen and oxygen atoms in total. The van der Waals surface area contributed by atoms with Crippen molar-refractivity contribution in [2.75, 3.05) is 14.2 Å². The quantitative estimate of drug-likeness (QED) is 0.756. The molecule has 0 saturated carbocycles. The number of hydrogen-bond acceptors (Lipinski definition) is 3. The monoisotopic (exact) mass is 364 g/mol. The Bertz CT molecular complexity index is 692. The lowest BCUT2D eigenvalue weighted by atomic mass is 10.1. The largest absolute Gasteiger partial charge is 0.497 e. The van der Waals surface area contributed by atoms with Crippen molar-refractivity contribution in [1.82, 2.24) is 10.6 Å². The van der Waals surface area contributed by atoms with Gasteiger partial charge in [0.2, 0.25) is 0 Å². The average molecular weight is 365 g/mol. The predicted molar refractivity (Wildman–Crippen MR) is 102 cm³/mol. The van der Waals surface area contributed by atoms with Gasteiger partial charge in [-0.25, -0.2) is 0 Å². The Labute approximate surface area is 153 Å². The summed E-state index contributed by atoms with van der Waals surface area (Å²) >= 11 is 11.3. The highest BCUT2D eigenvalue weighted by molar-refractivity contribution is 7.80. The van der Waals surface area contributed by atoms with E-state index in [0.29, 0.717) is 11.7 Å². The zero-order valence-electron chi connectivity index (χ0n) is 13.9. The minimum Gasteiger partial charge on any atom is -0.497 e. The maximum Gasteiger partial charge on any atom is 0.167 e. The Hall–Kier alpha value is -1.98. The molecule has 0 heterocycles. The lowest BCUT2D eigenvalue weighted by Gasteiger charge is -2.20. The molecular weight excluding hydrogens is 344 g/mol. The van der Waals surface area contributed by atoms with E-state index in [1.807, 2.05) is 49.4 Å². The summed E-state index contributed by atoms with van der Waals surface area (Å²) < 4.78 is 10.7. The molecule has 2 aromatic rings. The van der Waals surface area contributed by atoms with Crippen LogP contribution >= 0.6 is 23.8 Å². The van der Waals surface area contributed by atoms with E-state index in [1.54, 1.807) is 14.2 Å². The number of benzene rings is 2. The Morgan fingerprint density at radius 1 is 1.12 bits per heavy atom. The van der Waals surface area contributed by atoms with Gasteiger partial charge in [-0.2, -0.15) is 0 Å². The third-order valence-electron chi connectivity index (χ3n) is 3.62. The fourth-order valence-corrected chi connectivity index (χ4v) is 2.66. The van der Waals surface area contributed by atoms with Crippen LogP contribution in [0.3, 0.4) is 0 Å². The van der Waals surface area contributed by atoms with Crippen LogP contribution < -0.4 is 20.1 Å². The first-order chi connectivity index (χ1) is 11.5. The smallest absolute Gasteiger partial charge is 0.167 e. The van der Waals surface area contributed by atoms with E-state index in [0.717, 1.165) is 27.6 Å². The van der Waals surface area contributed by atoms with Crippen LogP contribution in [0.2, 0.25) is 5.02 Å². The lowest BCUT2D eigenvalue weighted by molar-refractivity contribution is 0.395. The Morgan fingerprint density at radius 2 is 1.83 bits per heavy atom. The normalized spacial score (nSPS) is 11.5. The summed E-state index contributed by atoms with van der Waals surface area (Å²) in [4.78, 5) is 0. The van der Waals surface area contributed by atoms with Crippen molar-refractivity contribution in [3.63, 3.8) is 0 Å². The van der Waals surface area contributed by atoms with Crippen LogP contribution in [0.15, 0.2) is 42.5 Å². The second-order valence-corrected chi connectivity index (χ2v) is 6.13. The van der Waals surface area contributed by atoms with Crippen molar-refractivity contribution in [2.45, 2.75) is 19.5 Å². The fourth-order valence-electron chi connectivity index (χ4n) is 2.29. The second-order valence-electron chi connectivity index (χ2n) is 5.28. The van der Waals surface area contributed by atoms with Gasteiger partial charge in [-0.05, 0) is 55.0 Å². The predicted octanol–water partition coefficient (Wildman–Crippen LogP) is 4.08. The average Bonchev–Trinajstić information content (AvgIpc) is 2.60. The number of ether oxygens (including phenoxy) is 2. The molecule has 1 atom stereocenters. The molecule has 0 aromatic heterocycles. The van der Waals surface area contributed by atoms with E-state index in [9.17, 15) is 0 Å². The van der Waals surface area contributed by atoms with E-state index >= 15 is 0 Å². The van der Waals surface area contributed by atoms with Crippen molar-refractivity contribution in [3.8, 4) is 11.5 Å². The van der Waals surface area contributed by atoms with Gasteiger partial charge in [0, 0.05) is 17.1 Å². The first kappa shape index (κ1) is 18.4. The van der Waals surface area contributed by atoms with E-state index in [2.05, 4.69) is 10.6 Å². The number of rotatable bonds is 6. The summed E-state index contributed by atoms with van der Waals surface area (Å²) in [5.41, 5.74) is 2.09. The molecule has 0 aliphatic carbocycles. The van der Waals surface area contributed by atoms with Crippen LogP contribution in [0.5, 0.6) is 11.5 Å². The molecule has 0 radical (unpaired) electrons. The van der Waals surface area contributed by atoms with Gasteiger partial charge in [-0.15, -0.1) is 0 Å². The summed E-state index contributed by atoms with van der Waals surface area (Å²) in [5, 5.41) is 7.75. The maximum absolute atomic E-state index is 5.88. The minimum absolute atomic E-state index is 0.0275. The highest BCUT2D eigenvalue weighted by Crippen LogP contribution is 2.29. The molecule has 2 rings (SSSR count). The molecular formula is C18H21ClN2O2S. The van der Waals surface area contributed by atoms with Crippen molar-refractivity contribution < 1.29 is 9.47 Å². The van der Waals surface area contributed by atoms with Gasteiger partial charge in [0.05, 0.1) is 20.3 Å². The molecule has 0 amide bonds. The molecule has 1 unspecified atom stereocenters. The van der Waals surface area contributed by atoms with E-state index in [-0.39, 0.29) is 6.04 Å². The van der Waals surface area contributed by atoms with Crippen LogP contribution in [-0.4, -0.2) is 19.3 Å². The first-order valence-electron chi connectivity index (χ1n) is 7.54. The lowest BCUT2D eigenvalue weighted by Crippen LogP contribution is -2.36. The van der Waals surface area contributed by atoms with Crippen LogP contribution in [0.1, 0.15) is 24.1 Å². The van der Waals surface area contributed by atoms with Crippen LogP contribution in [-0.2, 0) is 6.54 Å². The molecule has 0 spiro atoms. The van der Waals surface area contributed by atoms with Gasteiger partial charge in [-0.1, -0.05) is 23.7 Å². The van der Waals surface area contributed by atoms with Gasteiger partial charge >= 0.3 is 0 Å². The Kier molecular flexibility index (Phi) is 6.70. The molecule has 0 aliphatic heterocycles. The minimum atomic E-state index is -0.0275. The number of nitrogens with one attached hydrogen (secondary N) is 2. The third-order valence-corrected chi connectivity index (χ3v) is 4.13. The summed E-state index contributed by atoms with van der Waals surface area (Å²) in [6.07, 6.45) is 0. The fraction of sp³-hybridized carbons (Fsp3) is 0.278. The number of hydrogen-bond donors (Lipinski definition) is 2. The molecule has 6 heteroatoms. The molecule has 0 saturated heterocycles. The summed E-state index contributed by atoms with van der Waals surface area (Å²) in [6.45, 7) is 2.65. The number of halogens is 1. The van der Waals surface area contributed by atoms with Gasteiger partial charge in [-0.3, -0.25) is 0 Å². The van der Waals surface area contributed by atoms with Crippen LogP contribution in [0, 0.1) is 0 Å². The van der Waals surface area contributed by atoms with E-state index in [4.69, 9.17) is 33.3 Å². The van der Waals surface area contributed by atoms with Crippen molar-refractivity contribution in [3.05, 3.63) is 58.6 Å². The van der Waals surface area contributed by atoms with Gasteiger partial charge in [0.15, 0.2) is 5.11 Å². The summed E-state index contributed by atoms with van der Waals surface area (Å²) in [5.74, 6) is 1.57. The molecule has 0 fully saturated rings. The highest BCUT2D eigenvalue weighted by Gasteiger charge is 2.13. The van der Waals surface area contributed by atoms with Gasteiger partial charge < -0.3 is 20.1 Å². The van der Waals surface area contributed by atoms with E-state index < -0.39 is 0 Å². The summed E-state index contributed by atoms with van der Waals surface area (Å²) in [7, 11) is 3.29. The van der Waals surface area contributed by atoms with Gasteiger partial charge in [0.1, 0.15) is 11.5 Å². The molecule has 2 aromatic carbocycles. The van der Waals surface area contributed by atoms with Crippen molar-refractivity contribution in [2.24, 2.45) is 0 Å². The van der Waals surface area contributed by atoms with Crippen molar-refractivity contribution in [1.29, 1.82) is 0 Å².